The molecule has 106 valence electrons. The van der Waals surface area contributed by atoms with Crippen molar-refractivity contribution in [3.05, 3.63) is 78.1 Å². The van der Waals surface area contributed by atoms with Crippen molar-refractivity contribution < 1.29 is 4.39 Å². The maximum atomic E-state index is 12.8. The van der Waals surface area contributed by atoms with E-state index < -0.39 is 0 Å². The smallest absolute Gasteiger partial charge is 0.137 e. The molecule has 0 unspecified atom stereocenters. The fourth-order valence-electron chi connectivity index (χ4n) is 2.04. The second-order valence-electron chi connectivity index (χ2n) is 4.77. The van der Waals surface area contributed by atoms with Gasteiger partial charge in [-0.05, 0) is 35.4 Å². The second-order valence-corrected chi connectivity index (χ2v) is 4.77. The molecule has 0 radical (unpaired) electrons. The van der Waals surface area contributed by atoms with Crippen LogP contribution in [0.15, 0.2) is 61.2 Å². The molecular weight excluding hydrogens is 267 g/mol. The molecule has 0 aliphatic heterocycles. The van der Waals surface area contributed by atoms with Gasteiger partial charge in [0.05, 0.1) is 6.54 Å². The number of nitrogens with one attached hydrogen (secondary N) is 1. The molecule has 0 fully saturated rings. The van der Waals surface area contributed by atoms with Crippen LogP contribution in [0.1, 0.15) is 11.1 Å². The van der Waals surface area contributed by atoms with E-state index in [0.717, 1.165) is 16.8 Å². The molecule has 3 aromatic rings. The summed E-state index contributed by atoms with van der Waals surface area (Å²) in [5.74, 6) is -0.212. The highest BCUT2D eigenvalue weighted by atomic mass is 19.1. The molecule has 1 N–H and O–H groups in total. The van der Waals surface area contributed by atoms with Gasteiger partial charge in [0, 0.05) is 12.2 Å². The van der Waals surface area contributed by atoms with Gasteiger partial charge in [-0.2, -0.15) is 5.10 Å². The Morgan fingerprint density at radius 3 is 2.33 bits per heavy atom. The van der Waals surface area contributed by atoms with E-state index in [0.29, 0.717) is 13.1 Å². The highest BCUT2D eigenvalue weighted by Crippen LogP contribution is 2.12. The SMILES string of the molecule is Fc1ccc(CNc2ccc(Cn3cncn3)cc2)cc1. The Balaban J connectivity index is 1.58. The number of halogens is 1. The number of rotatable bonds is 5. The van der Waals surface area contributed by atoms with Gasteiger partial charge in [-0.15, -0.1) is 0 Å². The molecule has 0 aliphatic carbocycles. The highest BCUT2D eigenvalue weighted by Gasteiger charge is 1.98. The van der Waals surface area contributed by atoms with Crippen molar-refractivity contribution in [3.63, 3.8) is 0 Å². The topological polar surface area (TPSA) is 42.7 Å². The Kier molecular flexibility index (Phi) is 3.91. The summed E-state index contributed by atoms with van der Waals surface area (Å²) in [4.78, 5) is 3.92. The molecule has 4 nitrogen and oxygen atoms in total. The van der Waals surface area contributed by atoms with E-state index in [-0.39, 0.29) is 5.82 Å². The van der Waals surface area contributed by atoms with Crippen LogP contribution in [0.2, 0.25) is 0 Å². The van der Waals surface area contributed by atoms with Crippen molar-refractivity contribution in [1.29, 1.82) is 0 Å². The summed E-state index contributed by atoms with van der Waals surface area (Å²) >= 11 is 0. The molecule has 3 rings (SSSR count). The summed E-state index contributed by atoms with van der Waals surface area (Å²) in [7, 11) is 0. The molecule has 0 spiro atoms. The van der Waals surface area contributed by atoms with E-state index >= 15 is 0 Å². The minimum atomic E-state index is -0.212. The predicted molar refractivity (Wildman–Crippen MR) is 79.3 cm³/mol. The van der Waals surface area contributed by atoms with Gasteiger partial charge in [0.1, 0.15) is 18.5 Å². The summed E-state index contributed by atoms with van der Waals surface area (Å²) in [6, 6.07) is 14.6. The van der Waals surface area contributed by atoms with Crippen LogP contribution in [-0.4, -0.2) is 14.8 Å². The molecule has 21 heavy (non-hydrogen) atoms. The maximum Gasteiger partial charge on any atom is 0.137 e. The third-order valence-corrected chi connectivity index (χ3v) is 3.17. The lowest BCUT2D eigenvalue weighted by molar-refractivity contribution is 0.627. The highest BCUT2D eigenvalue weighted by molar-refractivity contribution is 5.45. The maximum absolute atomic E-state index is 12.8. The van der Waals surface area contributed by atoms with Crippen molar-refractivity contribution >= 4 is 5.69 Å². The number of hydrogen-bond acceptors (Lipinski definition) is 3. The summed E-state index contributed by atoms with van der Waals surface area (Å²) in [6.45, 7) is 1.38. The zero-order valence-corrected chi connectivity index (χ0v) is 11.4. The molecule has 0 saturated heterocycles. The fourth-order valence-corrected chi connectivity index (χ4v) is 2.04. The lowest BCUT2D eigenvalue weighted by Crippen LogP contribution is -2.01. The number of hydrogen-bond donors (Lipinski definition) is 1. The molecule has 5 heteroatoms. The first-order valence-electron chi connectivity index (χ1n) is 6.69. The molecule has 1 heterocycles. The standard InChI is InChI=1S/C16H15FN4/c17-15-5-1-13(2-6-15)9-19-16-7-3-14(4-8-16)10-21-12-18-11-20-21/h1-8,11-12,19H,9-10H2. The minimum absolute atomic E-state index is 0.212. The number of benzene rings is 2. The Bertz CT molecular complexity index is 675. The minimum Gasteiger partial charge on any atom is -0.381 e. The summed E-state index contributed by atoms with van der Waals surface area (Å²) in [5, 5.41) is 7.39. The Morgan fingerprint density at radius 1 is 0.952 bits per heavy atom. The third-order valence-electron chi connectivity index (χ3n) is 3.17. The van der Waals surface area contributed by atoms with E-state index in [9.17, 15) is 4.39 Å². The van der Waals surface area contributed by atoms with Crippen LogP contribution in [0, 0.1) is 5.82 Å². The zero-order chi connectivity index (χ0) is 14.5. The van der Waals surface area contributed by atoms with E-state index in [1.54, 1.807) is 23.1 Å². The lowest BCUT2D eigenvalue weighted by atomic mass is 10.2. The van der Waals surface area contributed by atoms with Gasteiger partial charge in [0.15, 0.2) is 0 Å². The van der Waals surface area contributed by atoms with Crippen molar-refractivity contribution in [1.82, 2.24) is 14.8 Å². The largest absolute Gasteiger partial charge is 0.381 e. The Morgan fingerprint density at radius 2 is 1.67 bits per heavy atom. The molecule has 0 atom stereocenters. The van der Waals surface area contributed by atoms with Gasteiger partial charge in [0.25, 0.3) is 0 Å². The molecule has 2 aromatic carbocycles. The third kappa shape index (κ3) is 3.66. The molecule has 0 aliphatic rings. The predicted octanol–water partition coefficient (Wildman–Crippen LogP) is 3.08. The summed E-state index contributed by atoms with van der Waals surface area (Å²) in [6.07, 6.45) is 3.22. The monoisotopic (exact) mass is 282 g/mol. The quantitative estimate of drug-likeness (QED) is 0.782. The van der Waals surface area contributed by atoms with Gasteiger partial charge >= 0.3 is 0 Å². The van der Waals surface area contributed by atoms with Gasteiger partial charge in [0.2, 0.25) is 0 Å². The van der Waals surface area contributed by atoms with Gasteiger partial charge in [-0.1, -0.05) is 24.3 Å². The van der Waals surface area contributed by atoms with Gasteiger partial charge in [-0.3, -0.25) is 0 Å². The Hall–Kier alpha value is -2.69. The first kappa shape index (κ1) is 13.3. The van der Waals surface area contributed by atoms with E-state index in [1.807, 2.05) is 12.1 Å². The summed E-state index contributed by atoms with van der Waals surface area (Å²) in [5.41, 5.74) is 3.23. The van der Waals surface area contributed by atoms with E-state index in [1.165, 1.54) is 18.5 Å². The van der Waals surface area contributed by atoms with Gasteiger partial charge < -0.3 is 5.32 Å². The molecule has 0 bridgehead atoms. The normalized spacial score (nSPS) is 10.5. The van der Waals surface area contributed by atoms with E-state index in [4.69, 9.17) is 0 Å². The average molecular weight is 282 g/mol. The second kappa shape index (κ2) is 6.17. The van der Waals surface area contributed by atoms with Crippen LogP contribution in [0.3, 0.4) is 0 Å². The van der Waals surface area contributed by atoms with E-state index in [2.05, 4.69) is 27.5 Å². The molecule has 0 saturated carbocycles. The number of aromatic nitrogens is 3. The van der Waals surface area contributed by atoms with Crippen LogP contribution in [-0.2, 0) is 13.1 Å². The first-order chi connectivity index (χ1) is 10.3. The molecule has 1 aromatic heterocycles. The van der Waals surface area contributed by atoms with Crippen LogP contribution >= 0.6 is 0 Å². The average Bonchev–Trinajstić information content (AvgIpc) is 3.01. The molecule has 0 amide bonds. The van der Waals surface area contributed by atoms with Crippen molar-refractivity contribution in [2.45, 2.75) is 13.1 Å². The first-order valence-corrected chi connectivity index (χ1v) is 6.69. The van der Waals surface area contributed by atoms with Crippen molar-refractivity contribution in [2.24, 2.45) is 0 Å². The zero-order valence-electron chi connectivity index (χ0n) is 11.4. The van der Waals surface area contributed by atoms with Crippen molar-refractivity contribution in [3.8, 4) is 0 Å². The van der Waals surface area contributed by atoms with Crippen LogP contribution < -0.4 is 5.32 Å². The van der Waals surface area contributed by atoms with Crippen LogP contribution in [0.4, 0.5) is 10.1 Å². The molecular formula is C16H15FN4. The van der Waals surface area contributed by atoms with Gasteiger partial charge in [-0.25, -0.2) is 14.1 Å². The van der Waals surface area contributed by atoms with Crippen LogP contribution in [0.5, 0.6) is 0 Å². The Labute approximate surface area is 122 Å². The lowest BCUT2D eigenvalue weighted by Gasteiger charge is -2.08. The van der Waals surface area contributed by atoms with Crippen LogP contribution in [0.25, 0.3) is 0 Å². The number of nitrogens with zero attached hydrogens (tertiary/aromatic N) is 3. The fraction of sp³-hybridized carbons (Fsp3) is 0.125. The van der Waals surface area contributed by atoms with Crippen molar-refractivity contribution in [2.75, 3.05) is 5.32 Å². The number of anilines is 1. The summed E-state index contributed by atoms with van der Waals surface area (Å²) < 4.78 is 14.6.